The summed E-state index contributed by atoms with van der Waals surface area (Å²) in [5.41, 5.74) is 1.41. The summed E-state index contributed by atoms with van der Waals surface area (Å²) >= 11 is 7.85. The van der Waals surface area contributed by atoms with E-state index in [0.717, 1.165) is 12.8 Å². The first kappa shape index (κ1) is 25.8. The number of nitrogens with zero attached hydrogens (tertiary/aromatic N) is 3. The van der Waals surface area contributed by atoms with Gasteiger partial charge in [-0.05, 0) is 25.0 Å². The van der Waals surface area contributed by atoms with Gasteiger partial charge in [0.15, 0.2) is 10.8 Å². The maximum atomic E-state index is 13.9. The van der Waals surface area contributed by atoms with Gasteiger partial charge in [0.1, 0.15) is 11.9 Å². The number of carbonyl (C=O) groups is 2. The van der Waals surface area contributed by atoms with E-state index in [1.807, 2.05) is 5.38 Å². The molecule has 9 nitrogen and oxygen atoms in total. The van der Waals surface area contributed by atoms with Crippen LogP contribution in [0.4, 0.5) is 4.39 Å². The molecule has 0 saturated carbocycles. The molecule has 1 aromatic carbocycles. The predicted molar refractivity (Wildman–Crippen MR) is 137 cm³/mol. The highest BCUT2D eigenvalue weighted by molar-refractivity contribution is 7.11. The lowest BCUT2D eigenvalue weighted by Crippen LogP contribution is -2.61. The number of aliphatic imine (C=N–C) groups is 1. The molecule has 0 unspecified atom stereocenters. The fourth-order valence-corrected chi connectivity index (χ4v) is 6.16. The summed E-state index contributed by atoms with van der Waals surface area (Å²) in [5, 5.41) is 9.03. The second-order valence-electron chi connectivity index (χ2n) is 9.28. The Kier molecular flexibility index (Phi) is 7.57. The number of carbonyl (C=O) groups excluding carboxylic acids is 2. The van der Waals surface area contributed by atoms with Crippen molar-refractivity contribution in [3.8, 4) is 0 Å². The highest BCUT2D eigenvalue weighted by Crippen LogP contribution is 2.38. The summed E-state index contributed by atoms with van der Waals surface area (Å²) in [7, 11) is 1.32. The van der Waals surface area contributed by atoms with Gasteiger partial charge in [-0.3, -0.25) is 14.7 Å². The first-order valence-electron chi connectivity index (χ1n) is 12.0. The molecule has 0 spiro atoms. The van der Waals surface area contributed by atoms with Crippen LogP contribution in [0, 0.1) is 5.82 Å². The average molecular weight is 548 g/mol. The molecular formula is C25H27ClFN5O4S. The van der Waals surface area contributed by atoms with Gasteiger partial charge in [0.2, 0.25) is 5.91 Å². The van der Waals surface area contributed by atoms with Crippen LogP contribution in [0.2, 0.25) is 5.02 Å². The molecule has 3 aliphatic rings. The van der Waals surface area contributed by atoms with E-state index in [2.05, 4.69) is 20.5 Å². The number of morpholine rings is 1. The molecule has 12 heteroatoms. The van der Waals surface area contributed by atoms with Gasteiger partial charge in [0.25, 0.3) is 0 Å². The number of piperidine rings is 1. The molecule has 2 N–H and O–H groups in total. The van der Waals surface area contributed by atoms with E-state index >= 15 is 0 Å². The summed E-state index contributed by atoms with van der Waals surface area (Å²) in [5.74, 6) is -0.585. The zero-order valence-corrected chi connectivity index (χ0v) is 21.9. The number of benzene rings is 1. The number of esters is 1. The van der Waals surface area contributed by atoms with Gasteiger partial charge in [0.05, 0.1) is 25.9 Å². The van der Waals surface area contributed by atoms with Gasteiger partial charge in [-0.25, -0.2) is 14.2 Å². The maximum Gasteiger partial charge on any atom is 0.338 e. The summed E-state index contributed by atoms with van der Waals surface area (Å²) in [6, 6.07) is 3.40. The van der Waals surface area contributed by atoms with Crippen molar-refractivity contribution in [1.29, 1.82) is 0 Å². The van der Waals surface area contributed by atoms with Gasteiger partial charge < -0.3 is 20.1 Å². The number of amidine groups is 1. The molecule has 2 bridgehead atoms. The van der Waals surface area contributed by atoms with Gasteiger partial charge in [0, 0.05) is 59.5 Å². The Morgan fingerprint density at radius 1 is 1.32 bits per heavy atom. The second kappa shape index (κ2) is 10.9. The Morgan fingerprint density at radius 3 is 2.70 bits per heavy atom. The fourth-order valence-electron chi connectivity index (χ4n) is 5.30. The van der Waals surface area contributed by atoms with Crippen LogP contribution in [-0.4, -0.2) is 72.6 Å². The van der Waals surface area contributed by atoms with Crippen molar-refractivity contribution in [3.63, 3.8) is 0 Å². The minimum absolute atomic E-state index is 0.0487. The average Bonchev–Trinajstić information content (AvgIpc) is 3.38. The van der Waals surface area contributed by atoms with Crippen molar-refractivity contribution >= 4 is 40.6 Å². The lowest BCUT2D eigenvalue weighted by molar-refractivity contribution is -0.136. The zero-order valence-electron chi connectivity index (χ0n) is 20.4. The number of hydrogen-bond donors (Lipinski definition) is 2. The van der Waals surface area contributed by atoms with Crippen molar-refractivity contribution < 1.29 is 23.5 Å². The topological polar surface area (TPSA) is 105 Å². The molecule has 1 amide bonds. The number of thiazole rings is 1. The molecule has 4 atom stereocenters. The Hall–Kier alpha value is -2.86. The number of fused-ring (bicyclic) bond motifs is 2. The van der Waals surface area contributed by atoms with Crippen LogP contribution in [0.15, 0.2) is 46.0 Å². The molecule has 1 aromatic heterocycles. The van der Waals surface area contributed by atoms with Crippen LogP contribution < -0.4 is 10.6 Å². The van der Waals surface area contributed by atoms with Crippen molar-refractivity contribution in [2.24, 2.45) is 4.99 Å². The Balaban J connectivity index is 1.55. The van der Waals surface area contributed by atoms with E-state index in [-0.39, 0.29) is 29.1 Å². The van der Waals surface area contributed by atoms with Crippen molar-refractivity contribution in [3.05, 3.63) is 62.5 Å². The van der Waals surface area contributed by atoms with Crippen LogP contribution >= 0.6 is 22.9 Å². The van der Waals surface area contributed by atoms with Crippen molar-refractivity contribution in [1.82, 2.24) is 20.5 Å². The predicted octanol–water partition coefficient (Wildman–Crippen LogP) is 2.82. The molecule has 196 valence electrons. The van der Waals surface area contributed by atoms with Crippen LogP contribution in [0.5, 0.6) is 0 Å². The van der Waals surface area contributed by atoms with E-state index < -0.39 is 17.8 Å². The van der Waals surface area contributed by atoms with E-state index in [9.17, 15) is 14.0 Å². The lowest BCUT2D eigenvalue weighted by atomic mass is 9.88. The van der Waals surface area contributed by atoms with Crippen molar-refractivity contribution in [2.45, 2.75) is 43.9 Å². The third-order valence-corrected chi connectivity index (χ3v) is 7.95. The number of nitrogens with one attached hydrogen (secondary N) is 2. The molecule has 0 radical (unpaired) electrons. The molecule has 3 aliphatic heterocycles. The first-order valence-corrected chi connectivity index (χ1v) is 13.2. The van der Waals surface area contributed by atoms with E-state index in [1.54, 1.807) is 12.3 Å². The Morgan fingerprint density at radius 2 is 2.08 bits per heavy atom. The van der Waals surface area contributed by atoms with E-state index in [4.69, 9.17) is 26.1 Å². The standard InChI is InChI=1S/C25H27ClFN5O4S/c1-13(33)29-15-8-16-11-36-12-17(9-15)32(16)10-20-21(25(34)35-2)22(18-4-3-14(27)7-19(18)26)31-23(30-20)24-28-5-6-37-24/h3-7,15-17,22H,8-12H2,1-2H3,(H,29,33)(H,30,31)/t15-,16+,17-,22-/m0/s1. The molecule has 5 rings (SSSR count). The number of methoxy groups -OCH3 is 1. The highest BCUT2D eigenvalue weighted by atomic mass is 35.5. The number of ether oxygens (including phenoxy) is 2. The number of aromatic nitrogens is 1. The van der Waals surface area contributed by atoms with Crippen LogP contribution in [0.25, 0.3) is 0 Å². The maximum absolute atomic E-state index is 13.9. The normalized spacial score (nSPS) is 25.8. The first-order chi connectivity index (χ1) is 17.8. The third-order valence-electron chi connectivity index (χ3n) is 6.84. The molecule has 2 saturated heterocycles. The Labute approximate surface area is 222 Å². The summed E-state index contributed by atoms with van der Waals surface area (Å²) < 4.78 is 24.9. The fraction of sp³-hybridized carbons (Fsp3) is 0.440. The number of amides is 1. The monoisotopic (exact) mass is 547 g/mol. The molecule has 2 fully saturated rings. The SMILES string of the molecule is COC(=O)C1=C(CN2[C@@H]3COC[C@H]2C[C@H](NC(C)=O)C3)NC(c2nccs2)=N[C@H]1c1ccc(F)cc1Cl. The lowest BCUT2D eigenvalue weighted by Gasteiger charge is -2.49. The molecule has 2 aromatic rings. The quantitative estimate of drug-likeness (QED) is 0.536. The van der Waals surface area contributed by atoms with E-state index in [0.29, 0.717) is 47.4 Å². The largest absolute Gasteiger partial charge is 0.466 e. The summed E-state index contributed by atoms with van der Waals surface area (Å²) in [6.45, 7) is 2.97. The number of rotatable bonds is 6. The zero-order chi connectivity index (χ0) is 26.1. The molecular weight excluding hydrogens is 521 g/mol. The molecule has 4 heterocycles. The van der Waals surface area contributed by atoms with Crippen LogP contribution in [0.3, 0.4) is 0 Å². The summed E-state index contributed by atoms with van der Waals surface area (Å²) in [6.07, 6.45) is 3.15. The smallest absolute Gasteiger partial charge is 0.338 e. The highest BCUT2D eigenvalue weighted by Gasteiger charge is 2.42. The number of halogens is 2. The molecule has 37 heavy (non-hydrogen) atoms. The van der Waals surface area contributed by atoms with Gasteiger partial charge in [-0.15, -0.1) is 11.3 Å². The Bertz CT molecular complexity index is 1240. The number of hydrogen-bond acceptors (Lipinski definition) is 9. The van der Waals surface area contributed by atoms with E-state index in [1.165, 1.54) is 37.5 Å². The van der Waals surface area contributed by atoms with Crippen LogP contribution in [-0.2, 0) is 19.1 Å². The molecule has 0 aliphatic carbocycles. The third kappa shape index (κ3) is 5.40. The minimum atomic E-state index is -0.816. The van der Waals surface area contributed by atoms with Gasteiger partial charge in [-0.1, -0.05) is 17.7 Å². The van der Waals surface area contributed by atoms with Crippen molar-refractivity contribution in [2.75, 3.05) is 26.9 Å². The van der Waals surface area contributed by atoms with Crippen LogP contribution in [0.1, 0.15) is 36.4 Å². The van der Waals surface area contributed by atoms with Gasteiger partial charge >= 0.3 is 5.97 Å². The summed E-state index contributed by atoms with van der Waals surface area (Å²) in [4.78, 5) is 36.3. The minimum Gasteiger partial charge on any atom is -0.466 e. The van der Waals surface area contributed by atoms with Gasteiger partial charge in [-0.2, -0.15) is 0 Å². The second-order valence-corrected chi connectivity index (χ2v) is 10.6.